The zero-order chi connectivity index (χ0) is 18.2. The van der Waals surface area contributed by atoms with Crippen molar-refractivity contribution < 1.29 is 9.53 Å². The summed E-state index contributed by atoms with van der Waals surface area (Å²) < 4.78 is 5.18. The standard InChI is InChI=1S/C19H21N5O2/c1-2-24-22-18(21-23-24)17-10-8-15(9-11-17)12-13-20-19(25)26-14-16-6-4-3-5-7-16/h3-11H,2,12-14H2,1H3,(H,20,25). The molecule has 1 heterocycles. The monoisotopic (exact) mass is 351 g/mol. The molecular weight excluding hydrogens is 330 g/mol. The molecule has 26 heavy (non-hydrogen) atoms. The van der Waals surface area contributed by atoms with Gasteiger partial charge in [0.25, 0.3) is 0 Å². The first-order valence-corrected chi connectivity index (χ1v) is 8.56. The van der Waals surface area contributed by atoms with Crippen LogP contribution in [0.5, 0.6) is 0 Å². The van der Waals surface area contributed by atoms with Gasteiger partial charge in [0.1, 0.15) is 6.61 Å². The Balaban J connectivity index is 1.42. The van der Waals surface area contributed by atoms with Crippen molar-refractivity contribution in [2.45, 2.75) is 26.5 Å². The second kappa shape index (κ2) is 8.75. The van der Waals surface area contributed by atoms with Crippen molar-refractivity contribution in [3.05, 3.63) is 65.7 Å². The molecule has 0 radical (unpaired) electrons. The third-order valence-electron chi connectivity index (χ3n) is 3.84. The van der Waals surface area contributed by atoms with Crippen molar-refractivity contribution in [2.75, 3.05) is 6.54 Å². The second-order valence-corrected chi connectivity index (χ2v) is 5.74. The van der Waals surface area contributed by atoms with Crippen molar-refractivity contribution in [3.63, 3.8) is 0 Å². The van der Waals surface area contributed by atoms with E-state index in [1.807, 2.05) is 61.5 Å². The molecule has 0 unspecified atom stereocenters. The van der Waals surface area contributed by atoms with Crippen LogP contribution in [0.25, 0.3) is 11.4 Å². The predicted molar refractivity (Wildman–Crippen MR) is 97.3 cm³/mol. The molecule has 0 aliphatic carbocycles. The SMILES string of the molecule is CCn1nnc(-c2ccc(CCNC(=O)OCc3ccccc3)cc2)n1. The zero-order valence-electron chi connectivity index (χ0n) is 14.6. The smallest absolute Gasteiger partial charge is 0.407 e. The molecule has 1 N–H and O–H groups in total. The van der Waals surface area contributed by atoms with Crippen LogP contribution in [-0.2, 0) is 24.3 Å². The van der Waals surface area contributed by atoms with Gasteiger partial charge in [-0.1, -0.05) is 54.6 Å². The van der Waals surface area contributed by atoms with Gasteiger partial charge in [0, 0.05) is 12.1 Å². The lowest BCUT2D eigenvalue weighted by Crippen LogP contribution is -2.26. The fraction of sp³-hybridized carbons (Fsp3) is 0.263. The van der Waals surface area contributed by atoms with Crippen LogP contribution >= 0.6 is 0 Å². The first-order valence-electron chi connectivity index (χ1n) is 8.56. The number of benzene rings is 2. The lowest BCUT2D eigenvalue weighted by molar-refractivity contribution is 0.140. The van der Waals surface area contributed by atoms with Crippen LogP contribution in [0, 0.1) is 0 Å². The van der Waals surface area contributed by atoms with E-state index in [1.54, 1.807) is 4.80 Å². The summed E-state index contributed by atoms with van der Waals surface area (Å²) in [5.74, 6) is 0.612. The van der Waals surface area contributed by atoms with Crippen LogP contribution in [0.2, 0.25) is 0 Å². The number of alkyl carbamates (subject to hydrolysis) is 1. The van der Waals surface area contributed by atoms with Crippen LogP contribution < -0.4 is 5.32 Å². The average Bonchev–Trinajstić information content (AvgIpc) is 3.17. The summed E-state index contributed by atoms with van der Waals surface area (Å²) in [7, 11) is 0. The number of rotatable bonds is 7. The Hall–Kier alpha value is -3.22. The van der Waals surface area contributed by atoms with Crippen LogP contribution in [0.1, 0.15) is 18.1 Å². The van der Waals surface area contributed by atoms with E-state index in [2.05, 4.69) is 20.7 Å². The highest BCUT2D eigenvalue weighted by Gasteiger charge is 2.06. The number of hydrogen-bond acceptors (Lipinski definition) is 5. The molecule has 0 aliphatic heterocycles. The van der Waals surface area contributed by atoms with Gasteiger partial charge in [-0.2, -0.15) is 4.80 Å². The molecule has 0 saturated carbocycles. The minimum absolute atomic E-state index is 0.271. The van der Waals surface area contributed by atoms with Crippen LogP contribution in [0.15, 0.2) is 54.6 Å². The van der Waals surface area contributed by atoms with Crippen molar-refractivity contribution in [1.82, 2.24) is 25.5 Å². The summed E-state index contributed by atoms with van der Waals surface area (Å²) in [6.07, 6.45) is 0.307. The number of tetrazole rings is 1. The van der Waals surface area contributed by atoms with Gasteiger partial charge in [0.05, 0.1) is 6.54 Å². The van der Waals surface area contributed by atoms with Gasteiger partial charge in [-0.3, -0.25) is 0 Å². The van der Waals surface area contributed by atoms with Gasteiger partial charge in [-0.05, 0) is 29.7 Å². The molecule has 1 aromatic heterocycles. The Labute approximate surface area is 152 Å². The molecule has 0 spiro atoms. The highest BCUT2D eigenvalue weighted by molar-refractivity contribution is 5.67. The Morgan fingerprint density at radius 3 is 2.54 bits per heavy atom. The molecule has 0 atom stereocenters. The largest absolute Gasteiger partial charge is 0.445 e. The van der Waals surface area contributed by atoms with Crippen LogP contribution in [0.4, 0.5) is 4.79 Å². The van der Waals surface area contributed by atoms with Crippen molar-refractivity contribution in [1.29, 1.82) is 0 Å². The maximum atomic E-state index is 11.7. The fourth-order valence-corrected chi connectivity index (χ4v) is 2.40. The number of nitrogens with zero attached hydrogens (tertiary/aromatic N) is 4. The number of aryl methyl sites for hydroxylation is 1. The van der Waals surface area contributed by atoms with E-state index in [0.717, 1.165) is 23.1 Å². The molecule has 2 aromatic carbocycles. The summed E-state index contributed by atoms with van der Waals surface area (Å²) >= 11 is 0. The van der Waals surface area contributed by atoms with Gasteiger partial charge in [-0.15, -0.1) is 10.2 Å². The summed E-state index contributed by atoms with van der Waals surface area (Å²) in [5.41, 5.74) is 3.00. The molecule has 7 heteroatoms. The second-order valence-electron chi connectivity index (χ2n) is 5.74. The third-order valence-corrected chi connectivity index (χ3v) is 3.84. The molecule has 3 rings (SSSR count). The molecule has 3 aromatic rings. The highest BCUT2D eigenvalue weighted by atomic mass is 16.5. The highest BCUT2D eigenvalue weighted by Crippen LogP contribution is 2.14. The van der Waals surface area contributed by atoms with Crippen molar-refractivity contribution in [2.24, 2.45) is 0 Å². The van der Waals surface area contributed by atoms with Crippen molar-refractivity contribution >= 4 is 6.09 Å². The lowest BCUT2D eigenvalue weighted by Gasteiger charge is -2.07. The minimum Gasteiger partial charge on any atom is -0.445 e. The Kier molecular flexibility index (Phi) is 5.92. The summed E-state index contributed by atoms with van der Waals surface area (Å²) in [6.45, 7) is 3.44. The van der Waals surface area contributed by atoms with E-state index in [-0.39, 0.29) is 6.61 Å². The molecule has 0 fully saturated rings. The number of aromatic nitrogens is 4. The van der Waals surface area contributed by atoms with E-state index < -0.39 is 6.09 Å². The zero-order valence-corrected chi connectivity index (χ0v) is 14.6. The first-order chi connectivity index (χ1) is 12.7. The maximum absolute atomic E-state index is 11.7. The Morgan fingerprint density at radius 1 is 1.08 bits per heavy atom. The molecule has 134 valence electrons. The summed E-state index contributed by atoms with van der Waals surface area (Å²) in [4.78, 5) is 13.3. The quantitative estimate of drug-likeness (QED) is 0.708. The molecule has 0 saturated heterocycles. The minimum atomic E-state index is -0.411. The van der Waals surface area contributed by atoms with E-state index in [9.17, 15) is 4.79 Å². The van der Waals surface area contributed by atoms with Crippen molar-refractivity contribution in [3.8, 4) is 11.4 Å². The van der Waals surface area contributed by atoms with E-state index in [4.69, 9.17) is 4.74 Å². The van der Waals surface area contributed by atoms with Crippen LogP contribution in [-0.4, -0.2) is 32.8 Å². The van der Waals surface area contributed by atoms with E-state index in [1.165, 1.54) is 0 Å². The number of carbonyl (C=O) groups is 1. The molecule has 1 amide bonds. The number of nitrogens with one attached hydrogen (secondary N) is 1. The first kappa shape index (κ1) is 17.6. The number of carbonyl (C=O) groups excluding carboxylic acids is 1. The van der Waals surface area contributed by atoms with Crippen LogP contribution in [0.3, 0.4) is 0 Å². The van der Waals surface area contributed by atoms with Gasteiger partial charge in [0.15, 0.2) is 0 Å². The Morgan fingerprint density at radius 2 is 1.85 bits per heavy atom. The lowest BCUT2D eigenvalue weighted by atomic mass is 10.1. The number of amides is 1. The third kappa shape index (κ3) is 4.89. The van der Waals surface area contributed by atoms with Gasteiger partial charge in [0.2, 0.25) is 5.82 Å². The predicted octanol–water partition coefficient (Wildman–Crippen LogP) is 2.83. The maximum Gasteiger partial charge on any atom is 0.407 e. The number of ether oxygens (including phenoxy) is 1. The van der Waals surface area contributed by atoms with E-state index >= 15 is 0 Å². The molecule has 7 nitrogen and oxygen atoms in total. The van der Waals surface area contributed by atoms with E-state index in [0.29, 0.717) is 18.9 Å². The summed E-state index contributed by atoms with van der Waals surface area (Å²) in [6, 6.07) is 17.5. The molecule has 0 bridgehead atoms. The number of hydrogen-bond donors (Lipinski definition) is 1. The average molecular weight is 351 g/mol. The van der Waals surface area contributed by atoms with Gasteiger partial charge < -0.3 is 10.1 Å². The topological polar surface area (TPSA) is 81.9 Å². The Bertz CT molecular complexity index is 831. The summed E-state index contributed by atoms with van der Waals surface area (Å²) in [5, 5.41) is 15.0. The normalized spacial score (nSPS) is 10.5. The molecule has 0 aliphatic rings. The fourth-order valence-electron chi connectivity index (χ4n) is 2.40. The molecular formula is C19H21N5O2. The van der Waals surface area contributed by atoms with Gasteiger partial charge >= 0.3 is 6.09 Å². The van der Waals surface area contributed by atoms with Gasteiger partial charge in [-0.25, -0.2) is 4.79 Å².